The second kappa shape index (κ2) is 5.42. The lowest BCUT2D eigenvalue weighted by atomic mass is 9.97. The Morgan fingerprint density at radius 3 is 2.55 bits per heavy atom. The molecule has 0 aliphatic carbocycles. The van der Waals surface area contributed by atoms with E-state index in [1.165, 1.54) is 6.07 Å². The first-order valence-corrected chi connectivity index (χ1v) is 6.14. The molecule has 6 heteroatoms. The van der Waals surface area contributed by atoms with E-state index in [1.54, 1.807) is 19.1 Å². The van der Waals surface area contributed by atoms with Crippen LogP contribution in [0.15, 0.2) is 36.7 Å². The van der Waals surface area contributed by atoms with Crippen LogP contribution in [0.25, 0.3) is 0 Å². The van der Waals surface area contributed by atoms with Crippen molar-refractivity contribution < 1.29 is 18.3 Å². The molecule has 2 rings (SSSR count). The Morgan fingerprint density at radius 2 is 1.90 bits per heavy atom. The third-order valence-corrected chi connectivity index (χ3v) is 3.48. The molecule has 2 aromatic rings. The third-order valence-electron chi connectivity index (χ3n) is 2.97. The van der Waals surface area contributed by atoms with Crippen LogP contribution in [0.5, 0.6) is 0 Å². The van der Waals surface area contributed by atoms with Crippen molar-refractivity contribution in [3.05, 3.63) is 63.9 Å². The van der Waals surface area contributed by atoms with Gasteiger partial charge in [-0.05, 0) is 18.6 Å². The molecule has 0 saturated heterocycles. The summed E-state index contributed by atoms with van der Waals surface area (Å²) in [4.78, 5) is 3.65. The van der Waals surface area contributed by atoms with Crippen molar-refractivity contribution in [1.29, 1.82) is 0 Å². The number of aryl methyl sites for hydroxylation is 1. The molecule has 0 spiro atoms. The van der Waals surface area contributed by atoms with E-state index in [9.17, 15) is 18.3 Å². The predicted octanol–water partition coefficient (Wildman–Crippen LogP) is 4.14. The summed E-state index contributed by atoms with van der Waals surface area (Å²) in [5.74, 6) is 0. The highest BCUT2D eigenvalue weighted by Crippen LogP contribution is 2.38. The molecule has 0 bridgehead atoms. The van der Waals surface area contributed by atoms with Crippen LogP contribution in [0, 0.1) is 6.92 Å². The smallest absolute Gasteiger partial charge is 0.384 e. The Labute approximate surface area is 118 Å². The first-order chi connectivity index (χ1) is 9.32. The maximum atomic E-state index is 12.9. The molecule has 1 unspecified atom stereocenters. The number of aliphatic hydroxyl groups is 1. The highest BCUT2D eigenvalue weighted by molar-refractivity contribution is 6.32. The molecule has 1 N–H and O–H groups in total. The van der Waals surface area contributed by atoms with E-state index in [-0.39, 0.29) is 16.1 Å². The minimum absolute atomic E-state index is 0.227. The van der Waals surface area contributed by atoms with Crippen LogP contribution in [0.3, 0.4) is 0 Å². The van der Waals surface area contributed by atoms with Gasteiger partial charge in [0.15, 0.2) is 0 Å². The summed E-state index contributed by atoms with van der Waals surface area (Å²) in [6.07, 6.45) is -3.99. The van der Waals surface area contributed by atoms with E-state index in [2.05, 4.69) is 4.98 Å². The van der Waals surface area contributed by atoms with Crippen LogP contribution >= 0.6 is 11.6 Å². The van der Waals surface area contributed by atoms with Gasteiger partial charge in [-0.2, -0.15) is 13.2 Å². The lowest BCUT2D eigenvalue weighted by Crippen LogP contribution is -2.13. The molecule has 0 amide bonds. The number of aliphatic hydroxyl groups excluding tert-OH is 1. The lowest BCUT2D eigenvalue weighted by Gasteiger charge is -2.18. The highest BCUT2D eigenvalue weighted by atomic mass is 35.5. The van der Waals surface area contributed by atoms with E-state index < -0.39 is 17.8 Å². The second-order valence-corrected chi connectivity index (χ2v) is 4.72. The minimum atomic E-state index is -4.56. The Hall–Kier alpha value is -1.59. The Morgan fingerprint density at radius 1 is 1.20 bits per heavy atom. The third kappa shape index (κ3) is 2.78. The average molecular weight is 302 g/mol. The van der Waals surface area contributed by atoms with E-state index >= 15 is 0 Å². The number of hydrogen-bond donors (Lipinski definition) is 1. The van der Waals surface area contributed by atoms with E-state index in [0.717, 1.165) is 18.5 Å². The molecule has 1 atom stereocenters. The number of halogens is 4. The van der Waals surface area contributed by atoms with Gasteiger partial charge in [-0.25, -0.2) is 0 Å². The highest BCUT2D eigenvalue weighted by Gasteiger charge is 2.35. The van der Waals surface area contributed by atoms with Crippen LogP contribution < -0.4 is 0 Å². The molecular weight excluding hydrogens is 291 g/mol. The Bertz CT molecular complexity index is 628. The summed E-state index contributed by atoms with van der Waals surface area (Å²) in [7, 11) is 0. The van der Waals surface area contributed by atoms with E-state index in [4.69, 9.17) is 11.6 Å². The summed E-state index contributed by atoms with van der Waals surface area (Å²) in [6, 6.07) is 5.67. The van der Waals surface area contributed by atoms with E-state index in [1.807, 2.05) is 0 Å². The lowest BCUT2D eigenvalue weighted by molar-refractivity contribution is -0.139. The number of hydrogen-bond acceptors (Lipinski definition) is 2. The van der Waals surface area contributed by atoms with Crippen molar-refractivity contribution in [3.63, 3.8) is 0 Å². The van der Waals surface area contributed by atoms with Crippen LogP contribution in [-0.2, 0) is 6.18 Å². The first-order valence-electron chi connectivity index (χ1n) is 5.76. The van der Waals surface area contributed by atoms with Gasteiger partial charge in [-0.3, -0.25) is 4.98 Å². The Kier molecular flexibility index (Phi) is 4.01. The topological polar surface area (TPSA) is 33.1 Å². The maximum absolute atomic E-state index is 12.9. The number of aromatic nitrogens is 1. The van der Waals surface area contributed by atoms with Gasteiger partial charge in [-0.15, -0.1) is 0 Å². The van der Waals surface area contributed by atoms with Gasteiger partial charge in [-0.1, -0.05) is 29.8 Å². The number of alkyl halides is 3. The Balaban J connectivity index is 2.55. The molecule has 1 aromatic carbocycles. The molecule has 106 valence electrons. The van der Waals surface area contributed by atoms with Crippen molar-refractivity contribution in [1.82, 2.24) is 4.98 Å². The van der Waals surface area contributed by atoms with Gasteiger partial charge in [0.25, 0.3) is 0 Å². The van der Waals surface area contributed by atoms with Gasteiger partial charge in [0.2, 0.25) is 0 Å². The normalized spacial score (nSPS) is 13.3. The van der Waals surface area contributed by atoms with Gasteiger partial charge >= 0.3 is 6.18 Å². The quantitative estimate of drug-likeness (QED) is 0.904. The number of benzene rings is 1. The first kappa shape index (κ1) is 14.8. The molecular formula is C14H11ClF3NO. The molecule has 0 aliphatic heterocycles. The van der Waals surface area contributed by atoms with Crippen molar-refractivity contribution in [2.45, 2.75) is 19.2 Å². The molecule has 0 saturated carbocycles. The van der Waals surface area contributed by atoms with E-state index in [0.29, 0.717) is 5.56 Å². The maximum Gasteiger partial charge on any atom is 0.416 e. The fraction of sp³-hybridized carbons (Fsp3) is 0.214. The monoisotopic (exact) mass is 301 g/mol. The summed E-state index contributed by atoms with van der Waals surface area (Å²) in [5.41, 5.74) is -0.323. The average Bonchev–Trinajstić information content (AvgIpc) is 2.40. The zero-order valence-corrected chi connectivity index (χ0v) is 11.2. The van der Waals surface area contributed by atoms with Gasteiger partial charge in [0.1, 0.15) is 6.10 Å². The number of rotatable bonds is 2. The summed E-state index contributed by atoms with van der Waals surface area (Å²) in [5, 5.41) is 10.5. The standard InChI is InChI=1S/C14H11ClF3NO/c1-8-3-2-4-9(12(8)15)13(20)10-7-19-6-5-11(10)14(16,17)18/h2-7,13,20H,1H3. The molecule has 0 aliphatic rings. The van der Waals surface area contributed by atoms with Gasteiger partial charge in [0, 0.05) is 28.5 Å². The zero-order chi connectivity index (χ0) is 14.9. The number of nitrogens with zero attached hydrogens (tertiary/aromatic N) is 1. The summed E-state index contributed by atoms with van der Waals surface area (Å²) >= 11 is 6.04. The van der Waals surface area contributed by atoms with Crippen LogP contribution in [0.2, 0.25) is 5.02 Å². The molecule has 2 nitrogen and oxygen atoms in total. The van der Waals surface area contributed by atoms with Crippen LogP contribution in [0.1, 0.15) is 28.4 Å². The van der Waals surface area contributed by atoms with Crippen molar-refractivity contribution in [2.24, 2.45) is 0 Å². The molecule has 1 aromatic heterocycles. The van der Waals surface area contributed by atoms with Crippen molar-refractivity contribution in [3.8, 4) is 0 Å². The van der Waals surface area contributed by atoms with Crippen LogP contribution in [0.4, 0.5) is 13.2 Å². The molecule has 20 heavy (non-hydrogen) atoms. The van der Waals surface area contributed by atoms with Gasteiger partial charge in [0.05, 0.1) is 5.56 Å². The molecule has 1 heterocycles. The van der Waals surface area contributed by atoms with Gasteiger partial charge < -0.3 is 5.11 Å². The SMILES string of the molecule is Cc1cccc(C(O)c2cnccc2C(F)(F)F)c1Cl. The number of pyridine rings is 1. The largest absolute Gasteiger partial charge is 0.416 e. The van der Waals surface area contributed by atoms with Crippen molar-refractivity contribution in [2.75, 3.05) is 0 Å². The second-order valence-electron chi connectivity index (χ2n) is 4.34. The fourth-order valence-electron chi connectivity index (χ4n) is 1.93. The summed E-state index contributed by atoms with van der Waals surface area (Å²) in [6.45, 7) is 1.71. The predicted molar refractivity (Wildman–Crippen MR) is 69.5 cm³/mol. The molecule has 0 fully saturated rings. The minimum Gasteiger partial charge on any atom is -0.384 e. The summed E-state index contributed by atoms with van der Waals surface area (Å²) < 4.78 is 38.8. The zero-order valence-electron chi connectivity index (χ0n) is 10.4. The van der Waals surface area contributed by atoms with Crippen LogP contribution in [-0.4, -0.2) is 10.1 Å². The molecule has 0 radical (unpaired) electrons. The fourth-order valence-corrected chi connectivity index (χ4v) is 2.16. The van der Waals surface area contributed by atoms with Crippen molar-refractivity contribution >= 4 is 11.6 Å².